The second-order valence-corrected chi connectivity index (χ2v) is 4.37. The van der Waals surface area contributed by atoms with E-state index in [2.05, 4.69) is 9.97 Å². The van der Waals surface area contributed by atoms with Gasteiger partial charge >= 0.3 is 0 Å². The van der Waals surface area contributed by atoms with Crippen LogP contribution in [0.4, 0.5) is 4.39 Å². The molecule has 0 N–H and O–H groups in total. The molecule has 2 aromatic rings. The van der Waals surface area contributed by atoms with Crippen LogP contribution in [0.2, 0.25) is 10.3 Å². The first-order chi connectivity index (χ1) is 8.06. The van der Waals surface area contributed by atoms with Crippen LogP contribution in [0.15, 0.2) is 24.3 Å². The lowest BCUT2D eigenvalue weighted by molar-refractivity contribution is 0.626. The summed E-state index contributed by atoms with van der Waals surface area (Å²) in [6, 6.07) is 6.26. The van der Waals surface area contributed by atoms with Gasteiger partial charge in [-0.25, -0.2) is 14.4 Å². The molecule has 0 aliphatic heterocycles. The number of nitrogens with zero attached hydrogens (tertiary/aromatic N) is 2. The molecule has 0 spiro atoms. The quantitative estimate of drug-likeness (QED) is 0.776. The van der Waals surface area contributed by atoms with Gasteiger partial charge in [-0.1, -0.05) is 35.3 Å². The topological polar surface area (TPSA) is 25.8 Å². The van der Waals surface area contributed by atoms with Gasteiger partial charge in [-0.3, -0.25) is 0 Å². The largest absolute Gasteiger partial charge is 0.220 e. The Morgan fingerprint density at radius 3 is 2.41 bits per heavy atom. The van der Waals surface area contributed by atoms with Crippen molar-refractivity contribution in [3.8, 4) is 0 Å². The van der Waals surface area contributed by atoms with Crippen LogP contribution in [0.1, 0.15) is 17.0 Å². The van der Waals surface area contributed by atoms with Gasteiger partial charge in [0.1, 0.15) is 21.9 Å². The monoisotopic (exact) mass is 270 g/mol. The van der Waals surface area contributed by atoms with Crippen LogP contribution in [0.5, 0.6) is 0 Å². The molecule has 0 fully saturated rings. The smallest absolute Gasteiger partial charge is 0.137 e. The minimum Gasteiger partial charge on any atom is -0.220 e. The third-order valence-corrected chi connectivity index (χ3v) is 3.06. The maximum absolute atomic E-state index is 13.0. The van der Waals surface area contributed by atoms with E-state index in [0.29, 0.717) is 28.1 Å². The van der Waals surface area contributed by atoms with Crippen molar-refractivity contribution in [2.24, 2.45) is 0 Å². The van der Waals surface area contributed by atoms with E-state index in [4.69, 9.17) is 23.2 Å². The lowest BCUT2D eigenvalue weighted by Crippen LogP contribution is -1.99. The second-order valence-electron chi connectivity index (χ2n) is 3.65. The van der Waals surface area contributed by atoms with E-state index >= 15 is 0 Å². The Bertz CT molecular complexity index is 535. The Balaban J connectivity index is 2.31. The van der Waals surface area contributed by atoms with Gasteiger partial charge in [0.2, 0.25) is 0 Å². The molecule has 0 saturated heterocycles. The van der Waals surface area contributed by atoms with Gasteiger partial charge < -0.3 is 0 Å². The SMILES string of the molecule is Cc1c(Cl)nc(Cc2cccc(F)c2)nc1Cl. The molecule has 0 bridgehead atoms. The Morgan fingerprint density at radius 1 is 1.18 bits per heavy atom. The van der Waals surface area contributed by atoms with Gasteiger partial charge in [0.15, 0.2) is 0 Å². The third kappa shape index (κ3) is 2.93. The van der Waals surface area contributed by atoms with Crippen LogP contribution in [0.25, 0.3) is 0 Å². The van der Waals surface area contributed by atoms with Crippen molar-refractivity contribution in [2.75, 3.05) is 0 Å². The zero-order valence-corrected chi connectivity index (χ0v) is 10.6. The normalized spacial score (nSPS) is 10.6. The van der Waals surface area contributed by atoms with Crippen LogP contribution in [-0.2, 0) is 6.42 Å². The van der Waals surface area contributed by atoms with Gasteiger partial charge in [-0.05, 0) is 24.6 Å². The Morgan fingerprint density at radius 2 is 1.82 bits per heavy atom. The first-order valence-corrected chi connectivity index (χ1v) is 5.75. The zero-order valence-electron chi connectivity index (χ0n) is 9.04. The predicted molar refractivity (Wildman–Crippen MR) is 66.0 cm³/mol. The average Bonchev–Trinajstić information content (AvgIpc) is 2.26. The van der Waals surface area contributed by atoms with Crippen LogP contribution in [-0.4, -0.2) is 9.97 Å². The lowest BCUT2D eigenvalue weighted by atomic mass is 10.1. The number of hydrogen-bond donors (Lipinski definition) is 0. The number of hydrogen-bond acceptors (Lipinski definition) is 2. The standard InChI is InChI=1S/C12H9Cl2FN2/c1-7-11(13)16-10(17-12(7)14)6-8-3-2-4-9(15)5-8/h2-5H,6H2,1H3. The molecule has 0 amide bonds. The van der Waals surface area contributed by atoms with Crippen molar-refractivity contribution in [2.45, 2.75) is 13.3 Å². The molecule has 1 heterocycles. The molecule has 0 aliphatic carbocycles. The van der Waals surface area contributed by atoms with Crippen LogP contribution >= 0.6 is 23.2 Å². The van der Waals surface area contributed by atoms with Crippen molar-refractivity contribution >= 4 is 23.2 Å². The summed E-state index contributed by atoms with van der Waals surface area (Å²) >= 11 is 11.8. The molecule has 5 heteroatoms. The maximum Gasteiger partial charge on any atom is 0.137 e. The summed E-state index contributed by atoms with van der Waals surface area (Å²) < 4.78 is 13.0. The third-order valence-electron chi connectivity index (χ3n) is 2.32. The van der Waals surface area contributed by atoms with Crippen LogP contribution in [0, 0.1) is 12.7 Å². The summed E-state index contributed by atoms with van der Waals surface area (Å²) in [5.41, 5.74) is 1.43. The highest BCUT2D eigenvalue weighted by Gasteiger charge is 2.08. The first-order valence-electron chi connectivity index (χ1n) is 4.99. The molecule has 2 rings (SSSR count). The van der Waals surface area contributed by atoms with E-state index < -0.39 is 0 Å². The summed E-state index contributed by atoms with van der Waals surface area (Å²) in [4.78, 5) is 8.21. The highest BCUT2D eigenvalue weighted by atomic mass is 35.5. The van der Waals surface area contributed by atoms with Gasteiger partial charge in [0.25, 0.3) is 0 Å². The zero-order chi connectivity index (χ0) is 12.4. The van der Waals surface area contributed by atoms with Crippen molar-refractivity contribution in [1.82, 2.24) is 9.97 Å². The van der Waals surface area contributed by atoms with Crippen LogP contribution < -0.4 is 0 Å². The van der Waals surface area contributed by atoms with E-state index in [1.54, 1.807) is 19.1 Å². The number of aromatic nitrogens is 2. The molecular weight excluding hydrogens is 262 g/mol. The molecule has 0 radical (unpaired) electrons. The summed E-state index contributed by atoms with van der Waals surface area (Å²) in [5.74, 6) is 0.197. The summed E-state index contributed by atoms with van der Waals surface area (Å²) in [6.07, 6.45) is 0.400. The Hall–Kier alpha value is -1.19. The van der Waals surface area contributed by atoms with Gasteiger partial charge in [0, 0.05) is 12.0 Å². The second kappa shape index (κ2) is 4.98. The molecule has 1 aromatic heterocycles. The van der Waals surface area contributed by atoms with Gasteiger partial charge in [0.05, 0.1) is 0 Å². The summed E-state index contributed by atoms with van der Waals surface area (Å²) in [5, 5.41) is 0.660. The molecular formula is C12H9Cl2FN2. The summed E-state index contributed by atoms with van der Waals surface area (Å²) in [7, 11) is 0. The van der Waals surface area contributed by atoms with Gasteiger partial charge in [-0.2, -0.15) is 0 Å². The number of halogens is 3. The molecule has 0 aliphatic rings. The molecule has 1 aromatic carbocycles. The number of benzene rings is 1. The molecule has 0 unspecified atom stereocenters. The van der Waals surface area contributed by atoms with E-state index in [0.717, 1.165) is 5.56 Å². The molecule has 2 nitrogen and oxygen atoms in total. The molecule has 0 atom stereocenters. The maximum atomic E-state index is 13.0. The van der Waals surface area contributed by atoms with E-state index in [9.17, 15) is 4.39 Å². The number of rotatable bonds is 2. The van der Waals surface area contributed by atoms with Gasteiger partial charge in [-0.15, -0.1) is 0 Å². The highest BCUT2D eigenvalue weighted by molar-refractivity contribution is 6.34. The molecule has 17 heavy (non-hydrogen) atoms. The highest BCUT2D eigenvalue weighted by Crippen LogP contribution is 2.20. The summed E-state index contributed by atoms with van der Waals surface area (Å²) in [6.45, 7) is 1.75. The minimum atomic E-state index is -0.285. The molecule has 88 valence electrons. The van der Waals surface area contributed by atoms with E-state index in [-0.39, 0.29) is 5.82 Å². The lowest BCUT2D eigenvalue weighted by Gasteiger charge is -2.04. The molecule has 0 saturated carbocycles. The van der Waals surface area contributed by atoms with Crippen molar-refractivity contribution < 1.29 is 4.39 Å². The fourth-order valence-electron chi connectivity index (χ4n) is 1.41. The predicted octanol–water partition coefficient (Wildman–Crippen LogP) is 3.82. The van der Waals surface area contributed by atoms with E-state index in [1.807, 2.05) is 0 Å². The van der Waals surface area contributed by atoms with Crippen molar-refractivity contribution in [3.05, 3.63) is 57.3 Å². The van der Waals surface area contributed by atoms with Crippen molar-refractivity contribution in [1.29, 1.82) is 0 Å². The van der Waals surface area contributed by atoms with Crippen molar-refractivity contribution in [3.63, 3.8) is 0 Å². The average molecular weight is 271 g/mol. The van der Waals surface area contributed by atoms with Crippen LogP contribution in [0.3, 0.4) is 0 Å². The minimum absolute atomic E-state index is 0.285. The Kier molecular flexibility index (Phi) is 3.60. The first kappa shape index (κ1) is 12.3. The van der Waals surface area contributed by atoms with E-state index in [1.165, 1.54) is 12.1 Å². The Labute approximate surface area is 108 Å². The fourth-order valence-corrected chi connectivity index (χ4v) is 1.84. The fraction of sp³-hybridized carbons (Fsp3) is 0.167.